The van der Waals surface area contributed by atoms with Gasteiger partial charge in [0.25, 0.3) is 0 Å². The molecule has 1 heterocycles. The van der Waals surface area contributed by atoms with Crippen molar-refractivity contribution >= 4 is 11.9 Å². The molecule has 1 aliphatic heterocycles. The second kappa shape index (κ2) is 6.01. The molecule has 114 valence electrons. The van der Waals surface area contributed by atoms with Crippen molar-refractivity contribution in [2.24, 2.45) is 0 Å². The molecule has 1 unspecified atom stereocenters. The van der Waals surface area contributed by atoms with E-state index in [1.807, 2.05) is 0 Å². The highest BCUT2D eigenvalue weighted by Gasteiger charge is 2.35. The number of β-amino-alcohol motifs (C(OH)–C–C–N with tert-alkyl or cyclic N) is 1. The van der Waals surface area contributed by atoms with E-state index in [1.54, 1.807) is 25.2 Å². The van der Waals surface area contributed by atoms with E-state index in [1.165, 1.54) is 19.1 Å². The summed E-state index contributed by atoms with van der Waals surface area (Å²) in [7, 11) is 4.55. The minimum absolute atomic E-state index is 0.0330. The van der Waals surface area contributed by atoms with E-state index in [0.29, 0.717) is 17.1 Å². The van der Waals surface area contributed by atoms with Gasteiger partial charge in [0.15, 0.2) is 0 Å². The molecule has 3 amide bonds. The normalized spacial score (nSPS) is 16.4. The van der Waals surface area contributed by atoms with Crippen LogP contribution in [0.1, 0.15) is 11.7 Å². The van der Waals surface area contributed by atoms with Crippen molar-refractivity contribution in [3.05, 3.63) is 23.8 Å². The minimum atomic E-state index is -1.02. The molecule has 0 saturated carbocycles. The molecule has 1 N–H and O–H groups in total. The molecule has 1 aliphatic rings. The van der Waals surface area contributed by atoms with Crippen LogP contribution in [0.3, 0.4) is 0 Å². The minimum Gasteiger partial charge on any atom is -0.497 e. The van der Waals surface area contributed by atoms with Gasteiger partial charge in [-0.3, -0.25) is 9.69 Å². The fraction of sp³-hybridized carbons (Fsp3) is 0.429. The SMILES string of the molecule is COc1ccc(C(O)CN2C(=O)CN(C)C2=O)c(OC)c1. The van der Waals surface area contributed by atoms with Gasteiger partial charge in [0.2, 0.25) is 5.91 Å². The van der Waals surface area contributed by atoms with E-state index in [4.69, 9.17) is 9.47 Å². The molecule has 0 spiro atoms. The first-order valence-electron chi connectivity index (χ1n) is 6.43. The topological polar surface area (TPSA) is 79.3 Å². The number of amides is 3. The predicted molar refractivity (Wildman–Crippen MR) is 74.2 cm³/mol. The van der Waals surface area contributed by atoms with Gasteiger partial charge in [0.05, 0.1) is 20.8 Å². The Morgan fingerprint density at radius 3 is 2.52 bits per heavy atom. The summed E-state index contributed by atoms with van der Waals surface area (Å²) in [4.78, 5) is 25.9. The molecular weight excluding hydrogens is 276 g/mol. The Bertz CT molecular complexity index is 560. The number of nitrogens with zero attached hydrogens (tertiary/aromatic N) is 2. The van der Waals surface area contributed by atoms with Gasteiger partial charge in [-0.15, -0.1) is 0 Å². The number of hydrogen-bond acceptors (Lipinski definition) is 5. The Morgan fingerprint density at radius 2 is 2.00 bits per heavy atom. The van der Waals surface area contributed by atoms with E-state index in [0.717, 1.165) is 4.90 Å². The number of carbonyl (C=O) groups is 2. The van der Waals surface area contributed by atoms with E-state index >= 15 is 0 Å². The van der Waals surface area contributed by atoms with Crippen LogP contribution in [0.25, 0.3) is 0 Å². The third-order valence-electron chi connectivity index (χ3n) is 3.39. The van der Waals surface area contributed by atoms with E-state index < -0.39 is 12.1 Å². The number of ether oxygens (including phenoxy) is 2. The first kappa shape index (κ1) is 15.1. The predicted octanol–water partition coefficient (Wildman–Crippen LogP) is 0.631. The van der Waals surface area contributed by atoms with Crippen LogP contribution >= 0.6 is 0 Å². The van der Waals surface area contributed by atoms with Gasteiger partial charge in [-0.25, -0.2) is 4.79 Å². The fourth-order valence-electron chi connectivity index (χ4n) is 2.21. The largest absolute Gasteiger partial charge is 0.497 e. The van der Waals surface area contributed by atoms with Gasteiger partial charge in [-0.1, -0.05) is 0 Å². The summed E-state index contributed by atoms with van der Waals surface area (Å²) in [6.07, 6.45) is -1.02. The van der Waals surface area contributed by atoms with Crippen molar-refractivity contribution < 1.29 is 24.2 Å². The second-order valence-corrected chi connectivity index (χ2v) is 4.77. The van der Waals surface area contributed by atoms with Gasteiger partial charge >= 0.3 is 6.03 Å². The Kier molecular flexibility index (Phi) is 4.32. The molecule has 0 aromatic heterocycles. The lowest BCUT2D eigenvalue weighted by atomic mass is 10.1. The zero-order valence-corrected chi connectivity index (χ0v) is 12.2. The summed E-state index contributed by atoms with van der Waals surface area (Å²) in [5.41, 5.74) is 0.494. The number of carbonyl (C=O) groups excluding carboxylic acids is 2. The number of methoxy groups -OCH3 is 2. The molecule has 1 atom stereocenters. The lowest BCUT2D eigenvalue weighted by molar-refractivity contribution is -0.126. The molecule has 21 heavy (non-hydrogen) atoms. The smallest absolute Gasteiger partial charge is 0.327 e. The van der Waals surface area contributed by atoms with Gasteiger partial charge in [0.1, 0.15) is 24.1 Å². The molecule has 0 bridgehead atoms. The average Bonchev–Trinajstić information content (AvgIpc) is 2.72. The molecule has 0 aliphatic carbocycles. The third kappa shape index (κ3) is 2.92. The van der Waals surface area contributed by atoms with Crippen LogP contribution in [-0.4, -0.2) is 61.2 Å². The first-order valence-corrected chi connectivity index (χ1v) is 6.43. The van der Waals surface area contributed by atoms with Gasteiger partial charge in [-0.05, 0) is 12.1 Å². The zero-order chi connectivity index (χ0) is 15.6. The van der Waals surface area contributed by atoms with Crippen molar-refractivity contribution in [3.63, 3.8) is 0 Å². The quantitative estimate of drug-likeness (QED) is 0.806. The number of benzene rings is 1. The van der Waals surface area contributed by atoms with Crippen LogP contribution in [0.2, 0.25) is 0 Å². The highest BCUT2D eigenvalue weighted by molar-refractivity contribution is 6.01. The fourth-order valence-corrected chi connectivity index (χ4v) is 2.21. The van der Waals surface area contributed by atoms with Crippen LogP contribution < -0.4 is 9.47 Å². The molecule has 2 rings (SSSR count). The Hall–Kier alpha value is -2.28. The Morgan fingerprint density at radius 1 is 1.29 bits per heavy atom. The van der Waals surface area contributed by atoms with Crippen molar-refractivity contribution in [1.29, 1.82) is 0 Å². The molecule has 1 fully saturated rings. The number of rotatable bonds is 5. The van der Waals surface area contributed by atoms with Crippen molar-refractivity contribution in [1.82, 2.24) is 9.80 Å². The maximum absolute atomic E-state index is 11.8. The lowest BCUT2D eigenvalue weighted by Crippen LogP contribution is -2.35. The third-order valence-corrected chi connectivity index (χ3v) is 3.39. The molecule has 7 nitrogen and oxygen atoms in total. The maximum atomic E-state index is 11.8. The van der Waals surface area contributed by atoms with Crippen LogP contribution in [0.15, 0.2) is 18.2 Å². The van der Waals surface area contributed by atoms with Crippen molar-refractivity contribution in [2.75, 3.05) is 34.4 Å². The second-order valence-electron chi connectivity index (χ2n) is 4.77. The summed E-state index contributed by atoms with van der Waals surface area (Å²) in [6.45, 7) is -0.0734. The zero-order valence-electron chi connectivity index (χ0n) is 12.2. The van der Waals surface area contributed by atoms with Crippen LogP contribution in [0.4, 0.5) is 4.79 Å². The van der Waals surface area contributed by atoms with Crippen molar-refractivity contribution in [2.45, 2.75) is 6.10 Å². The van der Waals surface area contributed by atoms with E-state index in [2.05, 4.69) is 0 Å². The summed E-state index contributed by atoms with van der Waals surface area (Å²) in [5, 5.41) is 10.3. The molecular formula is C14H18N2O5. The number of aliphatic hydroxyl groups excluding tert-OH is 1. The average molecular weight is 294 g/mol. The van der Waals surface area contributed by atoms with Gasteiger partial charge in [0, 0.05) is 18.7 Å². The summed E-state index contributed by atoms with van der Waals surface area (Å²) < 4.78 is 10.3. The molecule has 1 aromatic carbocycles. The number of aliphatic hydroxyl groups is 1. The van der Waals surface area contributed by atoms with Gasteiger partial charge < -0.3 is 19.5 Å². The molecule has 1 saturated heterocycles. The van der Waals surface area contributed by atoms with Crippen molar-refractivity contribution in [3.8, 4) is 11.5 Å². The van der Waals surface area contributed by atoms with E-state index in [9.17, 15) is 14.7 Å². The Labute approximate surface area is 122 Å². The molecule has 0 radical (unpaired) electrons. The highest BCUT2D eigenvalue weighted by atomic mass is 16.5. The monoisotopic (exact) mass is 294 g/mol. The molecule has 7 heteroatoms. The van der Waals surface area contributed by atoms with Gasteiger partial charge in [-0.2, -0.15) is 0 Å². The first-order chi connectivity index (χ1) is 9.97. The maximum Gasteiger partial charge on any atom is 0.327 e. The summed E-state index contributed by atoms with van der Waals surface area (Å²) >= 11 is 0. The lowest BCUT2D eigenvalue weighted by Gasteiger charge is -2.20. The highest BCUT2D eigenvalue weighted by Crippen LogP contribution is 2.30. The van der Waals surface area contributed by atoms with Crippen LogP contribution in [0, 0.1) is 0 Å². The summed E-state index contributed by atoms with van der Waals surface area (Å²) in [5.74, 6) is 0.708. The number of hydrogen-bond donors (Lipinski definition) is 1. The molecule has 1 aromatic rings. The van der Waals surface area contributed by atoms with E-state index in [-0.39, 0.29) is 19.0 Å². The van der Waals surface area contributed by atoms with Crippen LogP contribution in [0.5, 0.6) is 11.5 Å². The number of imide groups is 1. The Balaban J connectivity index is 2.19. The summed E-state index contributed by atoms with van der Waals surface area (Å²) in [6, 6.07) is 4.56. The van der Waals surface area contributed by atoms with Crippen LogP contribution in [-0.2, 0) is 4.79 Å². The standard InChI is InChI=1S/C14H18N2O5/c1-15-8-13(18)16(14(15)19)7-11(17)10-5-4-9(20-2)6-12(10)21-3/h4-6,11,17H,7-8H2,1-3H3. The number of urea groups is 1. The number of likely N-dealkylation sites (N-methyl/N-ethyl adjacent to an activating group) is 1.